The molecule has 6 aromatic rings. The van der Waals surface area contributed by atoms with Crippen LogP contribution in [-0.2, 0) is 24.3 Å². The summed E-state index contributed by atoms with van der Waals surface area (Å²) < 4.78 is 5.97. The molecule has 0 saturated heterocycles. The third-order valence-corrected chi connectivity index (χ3v) is 6.53. The smallest absolute Gasteiger partial charge is 0.237 e. The van der Waals surface area contributed by atoms with E-state index >= 15 is 0 Å². The lowest BCUT2D eigenvalue weighted by Gasteiger charge is -2.18. The van der Waals surface area contributed by atoms with Gasteiger partial charge in [-0.1, -0.05) is 54.6 Å². The number of amides is 1. The number of carbonyl (C=O) groups is 1. The van der Waals surface area contributed by atoms with E-state index < -0.39 is 6.04 Å². The lowest BCUT2D eigenvalue weighted by Crippen LogP contribution is -2.45. The third kappa shape index (κ3) is 4.59. The van der Waals surface area contributed by atoms with Crippen molar-refractivity contribution >= 4 is 38.7 Å². The van der Waals surface area contributed by atoms with Crippen LogP contribution in [0.2, 0.25) is 0 Å². The van der Waals surface area contributed by atoms with Gasteiger partial charge in [0.05, 0.1) is 18.1 Å². The normalized spacial score (nSPS) is 12.3. The maximum Gasteiger partial charge on any atom is 0.237 e. The first-order valence-corrected chi connectivity index (χ1v) is 12.1. The van der Waals surface area contributed by atoms with E-state index in [1.54, 1.807) is 0 Å². The molecule has 1 unspecified atom stereocenters. The highest BCUT2D eigenvalue weighted by atomic mass is 16.3. The van der Waals surface area contributed by atoms with Crippen LogP contribution in [0.3, 0.4) is 0 Å². The Bertz CT molecular complexity index is 1630. The maximum absolute atomic E-state index is 13.4. The molecule has 6 heteroatoms. The highest BCUT2D eigenvalue weighted by molar-refractivity contribution is 5.86. The molecule has 36 heavy (non-hydrogen) atoms. The Labute approximate surface area is 208 Å². The van der Waals surface area contributed by atoms with Gasteiger partial charge in [-0.05, 0) is 47.9 Å². The number of H-pyrrole nitrogens is 1. The number of hydrogen-bond acceptors (Lipinski definition) is 4. The Morgan fingerprint density at radius 3 is 2.64 bits per heavy atom. The fraction of sp³-hybridized carbons (Fsp3) is 0.133. The molecular weight excluding hydrogens is 448 g/mol. The van der Waals surface area contributed by atoms with Crippen molar-refractivity contribution < 1.29 is 9.21 Å². The first-order chi connectivity index (χ1) is 17.7. The number of benzene rings is 3. The number of aromatic amines is 1. The number of carbonyl (C=O) groups excluding carboxylic acids is 1. The average Bonchev–Trinajstić information content (AvgIpc) is 3.53. The van der Waals surface area contributed by atoms with Crippen LogP contribution in [0.4, 0.5) is 0 Å². The molecule has 6 rings (SSSR count). The second-order valence-electron chi connectivity index (χ2n) is 9.00. The van der Waals surface area contributed by atoms with Crippen molar-refractivity contribution in [1.82, 2.24) is 20.6 Å². The number of aromatic nitrogens is 2. The number of rotatable bonds is 8. The van der Waals surface area contributed by atoms with Crippen molar-refractivity contribution in [2.75, 3.05) is 0 Å². The van der Waals surface area contributed by atoms with Gasteiger partial charge < -0.3 is 14.7 Å². The Hall–Kier alpha value is -4.42. The Morgan fingerprint density at radius 2 is 1.72 bits per heavy atom. The molecule has 0 aliphatic carbocycles. The predicted octanol–water partition coefficient (Wildman–Crippen LogP) is 5.48. The van der Waals surface area contributed by atoms with E-state index in [9.17, 15) is 4.79 Å². The minimum absolute atomic E-state index is 0.0652. The zero-order valence-corrected chi connectivity index (χ0v) is 19.7. The zero-order chi connectivity index (χ0) is 24.3. The summed E-state index contributed by atoms with van der Waals surface area (Å²) in [4.78, 5) is 21.2. The van der Waals surface area contributed by atoms with E-state index in [1.165, 1.54) is 0 Å². The molecule has 0 spiro atoms. The van der Waals surface area contributed by atoms with Gasteiger partial charge in [0.15, 0.2) is 0 Å². The van der Waals surface area contributed by atoms with Crippen molar-refractivity contribution in [3.63, 3.8) is 0 Å². The summed E-state index contributed by atoms with van der Waals surface area (Å²) in [5.41, 5.74) is 4.90. The van der Waals surface area contributed by atoms with E-state index in [1.807, 2.05) is 85.2 Å². The lowest BCUT2D eigenvalue weighted by molar-refractivity contribution is -0.123. The largest absolute Gasteiger partial charge is 0.460 e. The minimum Gasteiger partial charge on any atom is -0.460 e. The van der Waals surface area contributed by atoms with Gasteiger partial charge in [-0.25, -0.2) is 0 Å². The van der Waals surface area contributed by atoms with Crippen LogP contribution < -0.4 is 10.6 Å². The quantitative estimate of drug-likeness (QED) is 0.273. The van der Waals surface area contributed by atoms with Crippen LogP contribution in [0.15, 0.2) is 102 Å². The van der Waals surface area contributed by atoms with Crippen LogP contribution in [0.5, 0.6) is 0 Å². The van der Waals surface area contributed by atoms with Crippen molar-refractivity contribution in [3.8, 4) is 0 Å². The van der Waals surface area contributed by atoms with E-state index in [-0.39, 0.29) is 5.91 Å². The fourth-order valence-electron chi connectivity index (χ4n) is 4.65. The Balaban J connectivity index is 1.20. The van der Waals surface area contributed by atoms with Gasteiger partial charge in [0.1, 0.15) is 11.3 Å². The molecule has 0 saturated carbocycles. The van der Waals surface area contributed by atoms with Crippen LogP contribution in [0.1, 0.15) is 16.9 Å². The van der Waals surface area contributed by atoms with Gasteiger partial charge in [0.25, 0.3) is 0 Å². The molecule has 0 aliphatic rings. The van der Waals surface area contributed by atoms with Crippen LogP contribution >= 0.6 is 0 Å². The number of hydrogen-bond donors (Lipinski definition) is 3. The summed E-state index contributed by atoms with van der Waals surface area (Å²) in [6, 6.07) is 27.7. The molecule has 3 aromatic heterocycles. The first kappa shape index (κ1) is 22.1. The van der Waals surface area contributed by atoms with Gasteiger partial charge in [-0.2, -0.15) is 0 Å². The molecule has 0 fully saturated rings. The second-order valence-corrected chi connectivity index (χ2v) is 9.00. The van der Waals surface area contributed by atoms with E-state index in [0.29, 0.717) is 19.5 Å². The number of furan rings is 1. The molecule has 1 amide bonds. The number of nitrogens with zero attached hydrogens (tertiary/aromatic N) is 1. The van der Waals surface area contributed by atoms with Crippen molar-refractivity contribution in [1.29, 1.82) is 0 Å². The number of nitrogens with one attached hydrogen (secondary N) is 3. The molecule has 3 N–H and O–H groups in total. The second kappa shape index (κ2) is 9.68. The molecule has 6 nitrogen and oxygen atoms in total. The van der Waals surface area contributed by atoms with Crippen LogP contribution in [0.25, 0.3) is 32.8 Å². The van der Waals surface area contributed by atoms with E-state index in [2.05, 4.69) is 32.7 Å². The lowest BCUT2D eigenvalue weighted by atomic mass is 10.0. The molecule has 178 valence electrons. The summed E-state index contributed by atoms with van der Waals surface area (Å²) in [6.45, 7) is 0.861. The molecule has 1 atom stereocenters. The number of para-hydroxylation sites is 3. The predicted molar refractivity (Wildman–Crippen MR) is 142 cm³/mol. The van der Waals surface area contributed by atoms with E-state index in [4.69, 9.17) is 4.42 Å². The van der Waals surface area contributed by atoms with Crippen LogP contribution in [-0.4, -0.2) is 21.9 Å². The summed E-state index contributed by atoms with van der Waals surface area (Å²) in [6.07, 6.45) is 4.35. The molecule has 0 radical (unpaired) electrons. The van der Waals surface area contributed by atoms with Gasteiger partial charge >= 0.3 is 0 Å². The first-order valence-electron chi connectivity index (χ1n) is 12.1. The highest BCUT2D eigenvalue weighted by Gasteiger charge is 2.21. The van der Waals surface area contributed by atoms with Gasteiger partial charge in [0.2, 0.25) is 5.91 Å². The standard InChI is InChI=1S/C30H26N4O2/c35-30(34-17-20-13-21-7-1-4-10-26(21)31-16-20)28(15-23-18-32-27-11-5-3-9-25(23)27)33-19-24-14-22-8-2-6-12-29(22)36-24/h1-14,16,18,28,32-33H,15,17,19H2,(H,34,35). The topological polar surface area (TPSA) is 83.0 Å². The summed E-state index contributed by atoms with van der Waals surface area (Å²) in [5, 5.41) is 9.77. The Kier molecular flexibility index (Phi) is 5.93. The minimum atomic E-state index is -0.439. The summed E-state index contributed by atoms with van der Waals surface area (Å²) in [5.74, 6) is 0.733. The molecular formula is C30H26N4O2. The van der Waals surface area contributed by atoms with Gasteiger partial charge in [-0.3, -0.25) is 15.1 Å². The number of pyridine rings is 1. The summed E-state index contributed by atoms with van der Waals surface area (Å²) >= 11 is 0. The molecule has 3 aromatic carbocycles. The van der Waals surface area contributed by atoms with Gasteiger partial charge in [-0.15, -0.1) is 0 Å². The molecule has 0 bridgehead atoms. The van der Waals surface area contributed by atoms with Crippen LogP contribution in [0, 0.1) is 0 Å². The molecule has 0 aliphatic heterocycles. The Morgan fingerprint density at radius 1 is 0.917 bits per heavy atom. The maximum atomic E-state index is 13.4. The summed E-state index contributed by atoms with van der Waals surface area (Å²) in [7, 11) is 0. The highest BCUT2D eigenvalue weighted by Crippen LogP contribution is 2.21. The third-order valence-electron chi connectivity index (χ3n) is 6.53. The van der Waals surface area contributed by atoms with E-state index in [0.717, 1.165) is 49.7 Å². The SMILES string of the molecule is O=C(NCc1cnc2ccccc2c1)C(Cc1c[nH]c2ccccc12)NCc1cc2ccccc2o1. The average molecular weight is 475 g/mol. The van der Waals surface area contributed by atoms with Crippen molar-refractivity contribution in [2.24, 2.45) is 0 Å². The molecule has 3 heterocycles. The van der Waals surface area contributed by atoms with Crippen molar-refractivity contribution in [2.45, 2.75) is 25.6 Å². The zero-order valence-electron chi connectivity index (χ0n) is 19.7. The van der Waals surface area contributed by atoms with Crippen molar-refractivity contribution in [3.05, 3.63) is 114 Å². The number of fused-ring (bicyclic) bond motifs is 3. The van der Waals surface area contributed by atoms with Gasteiger partial charge in [0, 0.05) is 40.6 Å². The fourth-order valence-corrected chi connectivity index (χ4v) is 4.65. The monoisotopic (exact) mass is 474 g/mol.